The van der Waals surface area contributed by atoms with Crippen molar-refractivity contribution in [2.45, 2.75) is 12.5 Å². The van der Waals surface area contributed by atoms with Crippen molar-refractivity contribution in [1.29, 1.82) is 0 Å². The normalized spacial score (nSPS) is 12.0. The first-order chi connectivity index (χ1) is 12.0. The number of rotatable bonds is 5. The van der Waals surface area contributed by atoms with E-state index < -0.39 is 30.2 Å². The Labute approximate surface area is 143 Å². The maximum atomic E-state index is 12.9. The van der Waals surface area contributed by atoms with E-state index in [-0.39, 0.29) is 0 Å². The fourth-order valence-electron chi connectivity index (χ4n) is 2.89. The van der Waals surface area contributed by atoms with Gasteiger partial charge in [0.2, 0.25) is 5.91 Å². The Bertz CT molecular complexity index is 943. The van der Waals surface area contributed by atoms with Crippen LogP contribution in [0.3, 0.4) is 0 Å². The lowest BCUT2D eigenvalue weighted by molar-refractivity contribution is -0.139. The summed E-state index contributed by atoms with van der Waals surface area (Å²) < 4.78 is 0. The molecule has 0 heterocycles. The van der Waals surface area contributed by atoms with Crippen molar-refractivity contribution in [3.05, 3.63) is 60.2 Å². The number of benzene rings is 3. The van der Waals surface area contributed by atoms with Gasteiger partial charge in [0, 0.05) is 0 Å². The molecule has 0 spiro atoms. The van der Waals surface area contributed by atoms with Crippen molar-refractivity contribution in [2.24, 2.45) is 5.73 Å². The number of nitrogens with one attached hydrogen (secondary N) is 1. The van der Waals surface area contributed by atoms with Gasteiger partial charge < -0.3 is 16.2 Å². The van der Waals surface area contributed by atoms with E-state index in [1.165, 1.54) is 0 Å². The summed E-state index contributed by atoms with van der Waals surface area (Å²) in [6, 6.07) is 15.5. The molecular weight excluding hydrogens is 320 g/mol. The summed E-state index contributed by atoms with van der Waals surface area (Å²) in [4.78, 5) is 35.2. The molecule has 3 rings (SSSR count). The zero-order valence-corrected chi connectivity index (χ0v) is 13.2. The summed E-state index contributed by atoms with van der Waals surface area (Å²) in [7, 11) is 0. The minimum atomic E-state index is -1.28. The molecule has 0 unspecified atom stereocenters. The fraction of sp³-hybridized carbons (Fsp3) is 0.105. The zero-order valence-electron chi connectivity index (χ0n) is 13.2. The number of amides is 2. The summed E-state index contributed by atoms with van der Waals surface area (Å²) in [5.41, 5.74) is 5.61. The van der Waals surface area contributed by atoms with E-state index in [2.05, 4.69) is 5.32 Å². The topological polar surface area (TPSA) is 109 Å². The molecule has 0 saturated heterocycles. The van der Waals surface area contributed by atoms with Crippen LogP contribution in [0.2, 0.25) is 0 Å². The molecule has 0 aromatic heterocycles. The van der Waals surface area contributed by atoms with Gasteiger partial charge in [-0.1, -0.05) is 48.5 Å². The predicted octanol–water partition coefficient (Wildman–Crippen LogP) is 2.05. The van der Waals surface area contributed by atoms with Crippen molar-refractivity contribution >= 4 is 39.3 Å². The van der Waals surface area contributed by atoms with Gasteiger partial charge in [0.15, 0.2) is 0 Å². The van der Waals surface area contributed by atoms with Gasteiger partial charge in [0.1, 0.15) is 6.04 Å². The first-order valence-electron chi connectivity index (χ1n) is 7.70. The Kier molecular flexibility index (Phi) is 4.35. The van der Waals surface area contributed by atoms with Crippen LogP contribution in [0, 0.1) is 0 Å². The van der Waals surface area contributed by atoms with Crippen LogP contribution in [0.25, 0.3) is 21.5 Å². The number of nitrogens with two attached hydrogens (primary N) is 1. The van der Waals surface area contributed by atoms with Gasteiger partial charge in [-0.25, -0.2) is 0 Å². The molecule has 126 valence electrons. The van der Waals surface area contributed by atoms with Gasteiger partial charge in [-0.05, 0) is 27.6 Å². The van der Waals surface area contributed by atoms with Crippen molar-refractivity contribution in [3.8, 4) is 0 Å². The molecular formula is C19H16N2O4. The Balaban J connectivity index is 2.13. The summed E-state index contributed by atoms with van der Waals surface area (Å²) in [5, 5.41) is 14.5. The number of primary amides is 1. The highest BCUT2D eigenvalue weighted by atomic mass is 16.4. The quantitative estimate of drug-likeness (QED) is 0.619. The molecule has 6 nitrogen and oxygen atoms in total. The molecule has 0 aliphatic carbocycles. The average Bonchev–Trinajstić information content (AvgIpc) is 2.58. The minimum absolute atomic E-state index is 0.394. The highest BCUT2D eigenvalue weighted by molar-refractivity contribution is 6.18. The molecule has 0 aliphatic heterocycles. The van der Waals surface area contributed by atoms with Crippen LogP contribution in [-0.4, -0.2) is 28.9 Å². The summed E-state index contributed by atoms with van der Waals surface area (Å²) in [6.45, 7) is 0. The van der Waals surface area contributed by atoms with Crippen LogP contribution in [0.5, 0.6) is 0 Å². The molecule has 4 N–H and O–H groups in total. The lowest BCUT2D eigenvalue weighted by Crippen LogP contribution is -2.45. The fourth-order valence-corrected chi connectivity index (χ4v) is 2.89. The Morgan fingerprint density at radius 2 is 1.48 bits per heavy atom. The predicted molar refractivity (Wildman–Crippen MR) is 94.2 cm³/mol. The van der Waals surface area contributed by atoms with E-state index in [4.69, 9.17) is 10.8 Å². The third-order valence-electron chi connectivity index (χ3n) is 4.03. The molecule has 25 heavy (non-hydrogen) atoms. The minimum Gasteiger partial charge on any atom is -0.481 e. The molecule has 0 fully saturated rings. The van der Waals surface area contributed by atoms with E-state index >= 15 is 0 Å². The van der Waals surface area contributed by atoms with Gasteiger partial charge in [0.05, 0.1) is 12.0 Å². The number of aliphatic carboxylic acids is 1. The lowest BCUT2D eigenvalue weighted by atomic mass is 9.96. The maximum Gasteiger partial charge on any atom is 0.305 e. The SMILES string of the molecule is NC(=O)[C@@H](CC(=O)O)NC(=O)c1c2ccccc2cc2ccccc12. The van der Waals surface area contributed by atoms with Crippen LogP contribution in [0.4, 0.5) is 0 Å². The maximum absolute atomic E-state index is 12.9. The van der Waals surface area contributed by atoms with Crippen LogP contribution in [-0.2, 0) is 9.59 Å². The molecule has 6 heteroatoms. The largest absolute Gasteiger partial charge is 0.481 e. The zero-order chi connectivity index (χ0) is 18.0. The Hall–Kier alpha value is -3.41. The van der Waals surface area contributed by atoms with Gasteiger partial charge in [0.25, 0.3) is 5.91 Å². The van der Waals surface area contributed by atoms with Crippen LogP contribution < -0.4 is 11.1 Å². The molecule has 3 aromatic rings. The van der Waals surface area contributed by atoms with Crippen molar-refractivity contribution < 1.29 is 19.5 Å². The van der Waals surface area contributed by atoms with E-state index in [9.17, 15) is 14.4 Å². The van der Waals surface area contributed by atoms with Crippen molar-refractivity contribution in [3.63, 3.8) is 0 Å². The Morgan fingerprint density at radius 3 is 1.96 bits per heavy atom. The van der Waals surface area contributed by atoms with Gasteiger partial charge in [-0.15, -0.1) is 0 Å². The van der Waals surface area contributed by atoms with Crippen molar-refractivity contribution in [1.82, 2.24) is 5.32 Å². The summed E-state index contributed by atoms with van der Waals surface area (Å²) >= 11 is 0. The second-order valence-corrected chi connectivity index (χ2v) is 5.72. The van der Waals surface area contributed by atoms with Crippen molar-refractivity contribution in [2.75, 3.05) is 0 Å². The second-order valence-electron chi connectivity index (χ2n) is 5.72. The summed E-state index contributed by atoms with van der Waals surface area (Å²) in [5.74, 6) is -2.63. The number of hydrogen-bond acceptors (Lipinski definition) is 3. The van der Waals surface area contributed by atoms with Gasteiger partial charge in [-0.2, -0.15) is 0 Å². The van der Waals surface area contributed by atoms with E-state index in [0.29, 0.717) is 5.56 Å². The molecule has 1 atom stereocenters. The van der Waals surface area contributed by atoms with E-state index in [0.717, 1.165) is 21.5 Å². The third-order valence-corrected chi connectivity index (χ3v) is 4.03. The smallest absolute Gasteiger partial charge is 0.305 e. The van der Waals surface area contributed by atoms with Gasteiger partial charge in [-0.3, -0.25) is 14.4 Å². The highest BCUT2D eigenvalue weighted by Gasteiger charge is 2.24. The molecule has 2 amide bonds. The number of carbonyl (C=O) groups is 3. The average molecular weight is 336 g/mol. The number of hydrogen-bond donors (Lipinski definition) is 3. The highest BCUT2D eigenvalue weighted by Crippen LogP contribution is 2.28. The second kappa shape index (κ2) is 6.60. The lowest BCUT2D eigenvalue weighted by Gasteiger charge is -2.16. The standard InChI is InChI=1S/C19H16N2O4/c20-18(24)15(10-16(22)23)21-19(25)17-13-7-3-1-5-11(13)9-12-6-2-4-8-14(12)17/h1-9,15H,10H2,(H2,20,24)(H,21,25)(H,22,23)/t15-/m1/s1. The molecule has 0 aliphatic rings. The number of carbonyl (C=O) groups excluding carboxylic acids is 2. The first kappa shape index (κ1) is 16.4. The third kappa shape index (κ3) is 3.28. The molecule has 0 saturated carbocycles. The monoisotopic (exact) mass is 336 g/mol. The van der Waals surface area contributed by atoms with Crippen LogP contribution in [0.15, 0.2) is 54.6 Å². The Morgan fingerprint density at radius 1 is 0.960 bits per heavy atom. The molecule has 0 bridgehead atoms. The number of carboxylic acids is 1. The summed E-state index contributed by atoms with van der Waals surface area (Å²) in [6.07, 6.45) is -0.566. The van der Waals surface area contributed by atoms with E-state index in [1.807, 2.05) is 54.6 Å². The number of fused-ring (bicyclic) bond motifs is 2. The van der Waals surface area contributed by atoms with Crippen LogP contribution in [0.1, 0.15) is 16.8 Å². The molecule has 0 radical (unpaired) electrons. The van der Waals surface area contributed by atoms with E-state index in [1.54, 1.807) is 0 Å². The van der Waals surface area contributed by atoms with Crippen LogP contribution >= 0.6 is 0 Å². The molecule has 3 aromatic carbocycles. The van der Waals surface area contributed by atoms with Gasteiger partial charge >= 0.3 is 5.97 Å². The number of carboxylic acid groups (broad SMARTS) is 1. The first-order valence-corrected chi connectivity index (χ1v) is 7.70.